The first-order chi connectivity index (χ1) is 19.6. The van der Waals surface area contributed by atoms with Crippen molar-refractivity contribution in [1.29, 1.82) is 0 Å². The number of fused-ring (bicyclic) bond motifs is 3. The Hall–Kier alpha value is -4.87. The number of hydrogen-bond acceptors (Lipinski definition) is 8. The molecular formula is C29H29FN8O3. The number of nitrogens with two attached hydrogens (primary N) is 1. The highest BCUT2D eigenvalue weighted by atomic mass is 19.1. The molecule has 2 aliphatic heterocycles. The lowest BCUT2D eigenvalue weighted by atomic mass is 9.93. The quantitative estimate of drug-likeness (QED) is 0.370. The number of amides is 2. The van der Waals surface area contributed by atoms with Crippen LogP contribution in [-0.4, -0.2) is 65.8 Å². The Morgan fingerprint density at radius 2 is 1.95 bits per heavy atom. The van der Waals surface area contributed by atoms with E-state index in [-0.39, 0.29) is 41.9 Å². The van der Waals surface area contributed by atoms with E-state index in [0.717, 1.165) is 5.69 Å². The summed E-state index contributed by atoms with van der Waals surface area (Å²) >= 11 is 0. The van der Waals surface area contributed by atoms with Gasteiger partial charge in [0.25, 0.3) is 0 Å². The number of halogens is 1. The predicted molar refractivity (Wildman–Crippen MR) is 149 cm³/mol. The third-order valence-corrected chi connectivity index (χ3v) is 7.62. The first-order valence-electron chi connectivity index (χ1n) is 13.2. The number of carbonyl (C=O) groups is 2. The fourth-order valence-electron chi connectivity index (χ4n) is 5.74. The number of aromatic nitrogens is 5. The second kappa shape index (κ2) is 9.65. The van der Waals surface area contributed by atoms with Crippen molar-refractivity contribution in [2.75, 3.05) is 25.4 Å². The summed E-state index contributed by atoms with van der Waals surface area (Å²) in [7, 11) is 0. The number of hydrogen-bond donors (Lipinski definition) is 1. The average Bonchev–Trinajstić information content (AvgIpc) is 3.25. The van der Waals surface area contributed by atoms with E-state index in [2.05, 4.69) is 31.1 Å². The van der Waals surface area contributed by atoms with E-state index in [1.807, 2.05) is 13.8 Å². The smallest absolute Gasteiger partial charge is 0.322 e. The molecule has 11 nitrogen and oxygen atoms in total. The molecule has 3 aromatic heterocycles. The lowest BCUT2D eigenvalue weighted by Crippen LogP contribution is -2.58. The minimum Gasteiger partial charge on any atom is -0.421 e. The first kappa shape index (κ1) is 26.4. The largest absolute Gasteiger partial charge is 0.421 e. The number of nitrogens with zero attached hydrogens (tertiary/aromatic N) is 7. The summed E-state index contributed by atoms with van der Waals surface area (Å²) < 4.78 is 23.1. The van der Waals surface area contributed by atoms with Crippen LogP contribution in [0.25, 0.3) is 22.2 Å². The van der Waals surface area contributed by atoms with E-state index in [4.69, 9.17) is 10.5 Å². The van der Waals surface area contributed by atoms with E-state index in [1.54, 1.807) is 35.1 Å². The maximum absolute atomic E-state index is 15.5. The van der Waals surface area contributed by atoms with Gasteiger partial charge in [-0.1, -0.05) is 12.6 Å². The molecule has 1 saturated heterocycles. The molecule has 0 spiro atoms. The van der Waals surface area contributed by atoms with Gasteiger partial charge < -0.3 is 24.8 Å². The van der Waals surface area contributed by atoms with Gasteiger partial charge in [-0.3, -0.25) is 9.59 Å². The summed E-state index contributed by atoms with van der Waals surface area (Å²) in [6, 6.07) is 6.38. The molecule has 1 fully saturated rings. The van der Waals surface area contributed by atoms with Gasteiger partial charge in [0.05, 0.1) is 23.4 Å². The van der Waals surface area contributed by atoms with Gasteiger partial charge in [0.15, 0.2) is 11.6 Å². The molecule has 0 radical (unpaired) electrons. The van der Waals surface area contributed by atoms with Crippen LogP contribution in [0.1, 0.15) is 25.2 Å². The van der Waals surface area contributed by atoms with Gasteiger partial charge in [0.1, 0.15) is 17.8 Å². The van der Waals surface area contributed by atoms with Crippen LogP contribution in [0.2, 0.25) is 0 Å². The summed E-state index contributed by atoms with van der Waals surface area (Å²) in [4.78, 5) is 45.9. The minimum atomic E-state index is -0.611. The van der Waals surface area contributed by atoms with Gasteiger partial charge in [-0.2, -0.15) is 0 Å². The summed E-state index contributed by atoms with van der Waals surface area (Å²) in [5, 5.41) is 0.589. The zero-order valence-corrected chi connectivity index (χ0v) is 23.0. The van der Waals surface area contributed by atoms with Crippen molar-refractivity contribution < 1.29 is 18.7 Å². The molecule has 0 aliphatic carbocycles. The van der Waals surface area contributed by atoms with E-state index >= 15 is 4.39 Å². The highest BCUT2D eigenvalue weighted by Gasteiger charge is 2.43. The molecule has 0 bridgehead atoms. The Labute approximate surface area is 235 Å². The topological polar surface area (TPSA) is 132 Å². The molecule has 0 saturated carbocycles. The van der Waals surface area contributed by atoms with Gasteiger partial charge in [-0.05, 0) is 50.6 Å². The van der Waals surface area contributed by atoms with Crippen LogP contribution in [-0.2, 0) is 21.7 Å². The second-order valence-electron chi connectivity index (χ2n) is 11.0. The van der Waals surface area contributed by atoms with Gasteiger partial charge >= 0.3 is 6.01 Å². The van der Waals surface area contributed by atoms with E-state index in [9.17, 15) is 9.59 Å². The van der Waals surface area contributed by atoms with Crippen LogP contribution in [0.15, 0.2) is 49.4 Å². The number of anilines is 1. The van der Waals surface area contributed by atoms with Crippen LogP contribution >= 0.6 is 0 Å². The number of rotatable bonds is 5. The van der Waals surface area contributed by atoms with Gasteiger partial charge in [-0.15, -0.1) is 0 Å². The van der Waals surface area contributed by atoms with Crippen LogP contribution in [0.3, 0.4) is 0 Å². The highest BCUT2D eigenvalue weighted by molar-refractivity contribution is 6.03. The molecule has 2 aliphatic rings. The molecule has 2 N–H and O–H groups in total. The summed E-state index contributed by atoms with van der Waals surface area (Å²) in [6.45, 7) is 10.7. The normalized spacial score (nSPS) is 16.3. The molecule has 12 heteroatoms. The van der Waals surface area contributed by atoms with Crippen molar-refractivity contribution in [3.05, 3.63) is 66.6 Å². The third kappa shape index (κ3) is 4.45. The van der Waals surface area contributed by atoms with Crippen LogP contribution < -0.4 is 10.5 Å². The Kier molecular flexibility index (Phi) is 6.20. The standard InChI is InChI=1S/C29H29FN8O3/c1-5-22(39)36-11-18(12-36)27(40)37-13-20-23(24-25(31)33-15-34-26(24)38(20)29(3,4)14-37)17-6-7-21(19(30)10-17)41-28-32-9-8-16(2)35-28/h5-10,15,18H,1,11-14H2,2-4H3,(H2,31,33,34). The predicted octanol–water partition coefficient (Wildman–Crippen LogP) is 3.43. The Morgan fingerprint density at radius 3 is 2.66 bits per heavy atom. The molecule has 41 heavy (non-hydrogen) atoms. The molecule has 2 amide bonds. The Morgan fingerprint density at radius 1 is 1.17 bits per heavy atom. The van der Waals surface area contributed by atoms with Crippen molar-refractivity contribution in [3.8, 4) is 22.9 Å². The molecule has 5 heterocycles. The van der Waals surface area contributed by atoms with E-state index in [0.29, 0.717) is 47.5 Å². The number of aryl methyl sites for hydroxylation is 1. The van der Waals surface area contributed by atoms with Crippen molar-refractivity contribution in [2.24, 2.45) is 5.92 Å². The number of likely N-dealkylation sites (tertiary alicyclic amines) is 1. The third-order valence-electron chi connectivity index (χ3n) is 7.62. The fraction of sp³-hybridized carbons (Fsp3) is 0.310. The fourth-order valence-corrected chi connectivity index (χ4v) is 5.74. The highest BCUT2D eigenvalue weighted by Crippen LogP contribution is 2.44. The maximum atomic E-state index is 15.5. The monoisotopic (exact) mass is 556 g/mol. The minimum absolute atomic E-state index is 0.0262. The number of benzene rings is 1. The van der Waals surface area contributed by atoms with Crippen molar-refractivity contribution in [1.82, 2.24) is 34.3 Å². The van der Waals surface area contributed by atoms with Crippen molar-refractivity contribution in [2.45, 2.75) is 32.9 Å². The summed E-state index contributed by atoms with van der Waals surface area (Å²) in [6.07, 6.45) is 4.20. The molecule has 1 aromatic carbocycles. The average molecular weight is 557 g/mol. The molecular weight excluding hydrogens is 527 g/mol. The maximum Gasteiger partial charge on any atom is 0.322 e. The number of carbonyl (C=O) groups excluding carboxylic acids is 2. The SMILES string of the molecule is C=CC(=O)N1CC(C(=O)N2Cc3c(-c4ccc(Oc5nccc(C)n5)c(F)c4)c4c(N)ncnc4n3C(C)(C)C2)C1. The molecule has 6 rings (SSSR count). The van der Waals surface area contributed by atoms with E-state index < -0.39 is 11.4 Å². The lowest BCUT2D eigenvalue weighted by Gasteiger charge is -2.45. The van der Waals surface area contributed by atoms with Crippen molar-refractivity contribution >= 4 is 28.7 Å². The van der Waals surface area contributed by atoms with Crippen LogP contribution in [0.5, 0.6) is 11.8 Å². The van der Waals surface area contributed by atoms with Crippen molar-refractivity contribution in [3.63, 3.8) is 0 Å². The van der Waals surface area contributed by atoms with Gasteiger partial charge in [-0.25, -0.2) is 24.3 Å². The second-order valence-corrected chi connectivity index (χ2v) is 11.0. The zero-order valence-electron chi connectivity index (χ0n) is 23.0. The Bertz CT molecular complexity index is 1730. The Balaban J connectivity index is 1.40. The zero-order chi connectivity index (χ0) is 29.1. The van der Waals surface area contributed by atoms with Gasteiger partial charge in [0.2, 0.25) is 11.8 Å². The number of ether oxygens (including phenoxy) is 1. The lowest BCUT2D eigenvalue weighted by molar-refractivity contribution is -0.148. The van der Waals surface area contributed by atoms with Gasteiger partial charge in [0, 0.05) is 42.8 Å². The summed E-state index contributed by atoms with van der Waals surface area (Å²) in [5.74, 6) is -0.903. The molecule has 0 unspecified atom stereocenters. The number of nitrogen functional groups attached to an aromatic ring is 1. The van der Waals surface area contributed by atoms with E-state index in [1.165, 1.54) is 24.5 Å². The van der Waals surface area contributed by atoms with Crippen LogP contribution in [0, 0.1) is 18.7 Å². The van der Waals surface area contributed by atoms with Crippen LogP contribution in [0.4, 0.5) is 10.2 Å². The molecule has 4 aromatic rings. The summed E-state index contributed by atoms with van der Waals surface area (Å²) in [5.41, 5.74) is 9.08. The first-order valence-corrected chi connectivity index (χ1v) is 13.2. The molecule has 0 atom stereocenters. The molecule has 210 valence electrons.